The number of nitrogens with zero attached hydrogens (tertiary/aromatic N) is 1. The summed E-state index contributed by atoms with van der Waals surface area (Å²) in [4.78, 5) is 37.4. The van der Waals surface area contributed by atoms with Crippen LogP contribution in [0, 0.1) is 0 Å². The lowest BCUT2D eigenvalue weighted by molar-refractivity contribution is -0.870. The Balaban J connectivity index is 4.34. The van der Waals surface area contributed by atoms with Gasteiger partial charge in [-0.2, -0.15) is 0 Å². The van der Waals surface area contributed by atoms with Crippen LogP contribution < -0.4 is 0 Å². The smallest absolute Gasteiger partial charge is 0.361 e. The largest absolute Gasteiger partial charge is 0.477 e. The Morgan fingerprint density at radius 3 is 1.11 bits per heavy atom. The van der Waals surface area contributed by atoms with Crippen molar-refractivity contribution in [3.8, 4) is 0 Å². The lowest BCUT2D eigenvalue weighted by Gasteiger charge is -2.25. The fraction of sp³-hybridized carbons (Fsp3) is 0.561. The van der Waals surface area contributed by atoms with E-state index in [2.05, 4.69) is 172 Å². The lowest BCUT2D eigenvalue weighted by Crippen LogP contribution is -2.40. The molecule has 9 nitrogen and oxygen atoms in total. The first kappa shape index (κ1) is 69.9. The van der Waals surface area contributed by atoms with Gasteiger partial charge in [0.05, 0.1) is 34.4 Å². The lowest BCUT2D eigenvalue weighted by atomic mass is 10.1. The first-order valence-corrected chi connectivity index (χ1v) is 28.6. The Morgan fingerprint density at radius 2 is 0.733 bits per heavy atom. The van der Waals surface area contributed by atoms with Crippen molar-refractivity contribution in [3.05, 3.63) is 158 Å². The minimum absolute atomic E-state index is 0.168. The van der Waals surface area contributed by atoms with E-state index in [1.807, 2.05) is 21.1 Å². The number of carbonyl (C=O) groups excluding carboxylic acids is 2. The highest BCUT2D eigenvalue weighted by Crippen LogP contribution is 2.13. The van der Waals surface area contributed by atoms with Crippen molar-refractivity contribution in [1.29, 1.82) is 0 Å². The maximum Gasteiger partial charge on any atom is 0.361 e. The van der Waals surface area contributed by atoms with Gasteiger partial charge in [-0.25, -0.2) is 4.79 Å². The summed E-state index contributed by atoms with van der Waals surface area (Å²) in [5, 5.41) is 9.69. The number of quaternary nitrogens is 1. The van der Waals surface area contributed by atoms with E-state index in [9.17, 15) is 19.5 Å². The number of carboxylic acids is 1. The van der Waals surface area contributed by atoms with E-state index in [1.54, 1.807) is 0 Å². The number of esters is 2. The molecule has 0 saturated carbocycles. The molecule has 0 aromatic carbocycles. The van der Waals surface area contributed by atoms with E-state index in [4.69, 9.17) is 18.9 Å². The predicted octanol–water partition coefficient (Wildman–Crippen LogP) is 17.0. The van der Waals surface area contributed by atoms with Crippen LogP contribution in [0.2, 0.25) is 0 Å². The molecule has 0 fully saturated rings. The Bertz CT molecular complexity index is 1780. The highest BCUT2D eigenvalue weighted by Gasteiger charge is 2.25. The van der Waals surface area contributed by atoms with Crippen molar-refractivity contribution in [3.63, 3.8) is 0 Å². The Morgan fingerprint density at radius 1 is 0.400 bits per heavy atom. The number of unbranched alkanes of at least 4 members (excludes halogenated alkanes) is 9. The van der Waals surface area contributed by atoms with Crippen molar-refractivity contribution in [2.45, 2.75) is 193 Å². The second kappa shape index (κ2) is 55.2. The minimum Gasteiger partial charge on any atom is -0.477 e. The maximum absolute atomic E-state index is 12.9. The van der Waals surface area contributed by atoms with Gasteiger partial charge in [0.25, 0.3) is 6.29 Å². The third-order valence-corrected chi connectivity index (χ3v) is 11.3. The molecule has 0 radical (unpaired) electrons. The van der Waals surface area contributed by atoms with E-state index >= 15 is 0 Å². The van der Waals surface area contributed by atoms with Gasteiger partial charge in [-0.1, -0.05) is 210 Å². The molecule has 0 aromatic rings. The molecule has 0 heterocycles. The standard InChI is InChI=1S/C66H103NO8/c1-6-8-10-12-14-16-18-20-22-24-25-26-27-28-29-30-31-32-33-34-35-36-37-38-39-41-43-45-47-49-51-53-55-57-64(69)75-62(61-74-66(65(70)71)72-59-58-67(3,4)5)60-73-63(68)56-54-52-50-48-46-44-42-40-23-21-19-17-15-13-11-9-7-2/h8-11,14-17,20-23,25-26,28-29,31-32,34-35,37-38,42,44,48,50,62,66H,6-7,12-13,18-19,24,27,30,33,36,39-41,43,45-47,49,51-61H2,1-5H3/p+1/b10-8-,11-9-,16-14-,17-15-,22-20-,23-21-,26-25-,29-28-,32-31-,35-34-,38-37-,44-42-,50-48-. The summed E-state index contributed by atoms with van der Waals surface area (Å²) in [6.07, 6.45) is 79.0. The van der Waals surface area contributed by atoms with Gasteiger partial charge in [0.2, 0.25) is 0 Å². The van der Waals surface area contributed by atoms with Crippen molar-refractivity contribution in [1.82, 2.24) is 0 Å². The van der Waals surface area contributed by atoms with Gasteiger partial charge in [0.15, 0.2) is 6.10 Å². The second-order valence-corrected chi connectivity index (χ2v) is 19.5. The predicted molar refractivity (Wildman–Crippen MR) is 317 cm³/mol. The quantitative estimate of drug-likeness (QED) is 0.0211. The van der Waals surface area contributed by atoms with Crippen molar-refractivity contribution in [2.24, 2.45) is 0 Å². The van der Waals surface area contributed by atoms with Gasteiger partial charge in [-0.05, 0) is 116 Å². The molecule has 0 aliphatic carbocycles. The summed E-state index contributed by atoms with van der Waals surface area (Å²) < 4.78 is 22.8. The van der Waals surface area contributed by atoms with Crippen LogP contribution in [-0.4, -0.2) is 87.4 Å². The van der Waals surface area contributed by atoms with E-state index in [-0.39, 0.29) is 32.7 Å². The number of likely N-dealkylation sites (N-methyl/N-ethyl adjacent to an activating group) is 1. The molecule has 0 saturated heterocycles. The molecule has 0 spiro atoms. The summed E-state index contributed by atoms with van der Waals surface area (Å²) in [7, 11) is 5.93. The van der Waals surface area contributed by atoms with Crippen molar-refractivity contribution >= 4 is 17.9 Å². The highest BCUT2D eigenvalue weighted by molar-refractivity contribution is 5.71. The first-order chi connectivity index (χ1) is 36.6. The number of allylic oxidation sites excluding steroid dienone is 26. The molecule has 0 amide bonds. The number of hydrogen-bond acceptors (Lipinski definition) is 7. The number of aliphatic carboxylic acids is 1. The summed E-state index contributed by atoms with van der Waals surface area (Å²) >= 11 is 0. The van der Waals surface area contributed by atoms with Crippen LogP contribution >= 0.6 is 0 Å². The van der Waals surface area contributed by atoms with Crippen LogP contribution in [0.4, 0.5) is 0 Å². The minimum atomic E-state index is -1.54. The summed E-state index contributed by atoms with van der Waals surface area (Å²) in [5.41, 5.74) is 0. The normalized spacial score (nSPS) is 14.0. The van der Waals surface area contributed by atoms with Gasteiger partial charge in [-0.15, -0.1) is 0 Å². The third kappa shape index (κ3) is 56.5. The summed E-state index contributed by atoms with van der Waals surface area (Å²) in [6, 6.07) is 0. The number of rotatable bonds is 50. The molecule has 75 heavy (non-hydrogen) atoms. The van der Waals surface area contributed by atoms with Gasteiger partial charge in [0, 0.05) is 12.8 Å². The van der Waals surface area contributed by atoms with E-state index in [0.717, 1.165) is 116 Å². The van der Waals surface area contributed by atoms with Crippen LogP contribution in [0.15, 0.2) is 158 Å². The average molecular weight is 1040 g/mol. The van der Waals surface area contributed by atoms with Crippen molar-refractivity contribution < 1.29 is 42.9 Å². The molecule has 0 bridgehead atoms. The van der Waals surface area contributed by atoms with Gasteiger partial charge < -0.3 is 28.5 Å². The van der Waals surface area contributed by atoms with Gasteiger partial charge >= 0.3 is 17.9 Å². The third-order valence-electron chi connectivity index (χ3n) is 11.3. The van der Waals surface area contributed by atoms with E-state index in [0.29, 0.717) is 23.9 Å². The van der Waals surface area contributed by atoms with Crippen molar-refractivity contribution in [2.75, 3.05) is 47.5 Å². The Labute approximate surface area is 457 Å². The Hall–Kier alpha value is -5.09. The molecule has 0 aliphatic rings. The fourth-order valence-corrected chi connectivity index (χ4v) is 6.94. The van der Waals surface area contributed by atoms with Gasteiger partial charge in [-0.3, -0.25) is 9.59 Å². The number of carbonyl (C=O) groups is 3. The average Bonchev–Trinajstić information content (AvgIpc) is 3.38. The van der Waals surface area contributed by atoms with Crippen LogP contribution in [0.25, 0.3) is 0 Å². The molecule has 2 unspecified atom stereocenters. The van der Waals surface area contributed by atoms with E-state index in [1.165, 1.54) is 25.7 Å². The van der Waals surface area contributed by atoms with Crippen LogP contribution in [0.5, 0.6) is 0 Å². The van der Waals surface area contributed by atoms with Crippen LogP contribution in [-0.2, 0) is 33.3 Å². The first-order valence-electron chi connectivity index (χ1n) is 28.6. The van der Waals surface area contributed by atoms with Crippen LogP contribution in [0.3, 0.4) is 0 Å². The molecule has 420 valence electrons. The number of ether oxygens (including phenoxy) is 4. The molecule has 0 rings (SSSR count). The number of carboxylic acid groups (broad SMARTS) is 1. The monoisotopic (exact) mass is 1040 g/mol. The molecule has 2 atom stereocenters. The second-order valence-electron chi connectivity index (χ2n) is 19.5. The molecule has 0 aromatic heterocycles. The summed E-state index contributed by atoms with van der Waals surface area (Å²) in [6.45, 7) is 4.54. The molecule has 1 N–H and O–H groups in total. The zero-order valence-corrected chi connectivity index (χ0v) is 47.6. The molecule has 9 heteroatoms. The Kier molecular flexibility index (Phi) is 51.4. The topological polar surface area (TPSA) is 108 Å². The van der Waals surface area contributed by atoms with Gasteiger partial charge in [0.1, 0.15) is 13.2 Å². The maximum atomic E-state index is 12.9. The molecule has 0 aliphatic heterocycles. The number of hydrogen-bond donors (Lipinski definition) is 1. The zero-order chi connectivity index (χ0) is 54.8. The summed E-state index contributed by atoms with van der Waals surface area (Å²) in [5.74, 6) is -2.12. The SMILES string of the molecule is CC/C=C\C/C=C\C/C=C\C/C=C\C/C=C\C/C=C\C/C=C\C/C=C\CCCCCCCCCCC(=O)OC(COC(=O)CCC/C=C\C/C=C\C/C=C\C/C=C\C/C=C\CC)COC(OCC[N+](C)(C)C)C(=O)O. The fourth-order valence-electron chi connectivity index (χ4n) is 6.94. The molecular weight excluding hydrogens is 935 g/mol. The highest BCUT2D eigenvalue weighted by atomic mass is 16.7. The zero-order valence-electron chi connectivity index (χ0n) is 47.6. The molecular formula is C66H104NO8+. The van der Waals surface area contributed by atoms with Crippen LogP contribution in [0.1, 0.15) is 181 Å². The van der Waals surface area contributed by atoms with E-state index < -0.39 is 30.3 Å².